The Labute approximate surface area is 181 Å². The number of H-pyrrole nitrogens is 1. The summed E-state index contributed by atoms with van der Waals surface area (Å²) in [5.41, 5.74) is 0.386. The van der Waals surface area contributed by atoms with Gasteiger partial charge in [-0.25, -0.2) is 8.78 Å². The summed E-state index contributed by atoms with van der Waals surface area (Å²) in [5.74, 6) is -3.18. The number of halogens is 2. The van der Waals surface area contributed by atoms with Crippen LogP contribution in [-0.4, -0.2) is 26.0 Å². The van der Waals surface area contributed by atoms with Gasteiger partial charge in [0.05, 0.1) is 5.69 Å². The number of phenols is 1. The van der Waals surface area contributed by atoms with Gasteiger partial charge in [-0.1, -0.05) is 36.4 Å². The Hall–Kier alpha value is -4.08. The maximum atomic E-state index is 13.8. The van der Waals surface area contributed by atoms with Crippen LogP contribution in [-0.2, 0) is 11.3 Å². The number of nitrogens with zero attached hydrogens (tertiary/aromatic N) is 3. The summed E-state index contributed by atoms with van der Waals surface area (Å²) in [6, 6.07) is 8.39. The number of para-hydroxylation sites is 1. The normalized spacial score (nSPS) is 11.6. The summed E-state index contributed by atoms with van der Waals surface area (Å²) in [7, 11) is 0. The minimum absolute atomic E-state index is 0.0165. The van der Waals surface area contributed by atoms with Crippen LogP contribution in [0.25, 0.3) is 12.2 Å². The Morgan fingerprint density at radius 3 is 2.56 bits per heavy atom. The van der Waals surface area contributed by atoms with Crippen molar-refractivity contribution in [2.24, 2.45) is 10.2 Å². The van der Waals surface area contributed by atoms with E-state index in [2.05, 4.69) is 15.3 Å². The first-order valence-electron chi connectivity index (χ1n) is 9.65. The van der Waals surface area contributed by atoms with Gasteiger partial charge in [-0.2, -0.15) is 0 Å². The molecule has 1 aromatic heterocycles. The number of aromatic nitrogens is 2. The third-order valence-electron chi connectivity index (χ3n) is 4.61. The summed E-state index contributed by atoms with van der Waals surface area (Å²) in [5, 5.41) is 29.9. The number of aliphatic carboxylic acids is 1. The average Bonchev–Trinajstić information content (AvgIpc) is 3.01. The Balaban J connectivity index is 1.82. The molecule has 3 N–H and O–H groups in total. The third kappa shape index (κ3) is 5.15. The molecular formula is C22H20F2N4O4. The van der Waals surface area contributed by atoms with E-state index in [1.54, 1.807) is 19.1 Å². The molecule has 1 heterocycles. The molecule has 0 bridgehead atoms. The number of carboxylic acids is 1. The lowest BCUT2D eigenvalue weighted by molar-refractivity contribution is -0.137. The number of benzene rings is 2. The Morgan fingerprint density at radius 2 is 1.81 bits per heavy atom. The van der Waals surface area contributed by atoms with Crippen LogP contribution in [0.1, 0.15) is 29.7 Å². The first-order valence-corrected chi connectivity index (χ1v) is 9.65. The van der Waals surface area contributed by atoms with E-state index in [1.165, 1.54) is 35.0 Å². The number of phenolic OH excluding ortho intramolecular Hbond substituents is 1. The van der Waals surface area contributed by atoms with Gasteiger partial charge in [-0.15, -0.1) is 10.2 Å². The molecule has 0 fully saturated rings. The molecule has 8 nitrogen and oxygen atoms in total. The van der Waals surface area contributed by atoms with Crippen LogP contribution in [0.2, 0.25) is 0 Å². The van der Waals surface area contributed by atoms with E-state index >= 15 is 0 Å². The van der Waals surface area contributed by atoms with Crippen LogP contribution in [0.4, 0.5) is 20.2 Å². The lowest BCUT2D eigenvalue weighted by Crippen LogP contribution is -2.17. The molecular weight excluding hydrogens is 422 g/mol. The van der Waals surface area contributed by atoms with Gasteiger partial charge in [-0.05, 0) is 25.5 Å². The molecule has 0 amide bonds. The van der Waals surface area contributed by atoms with Crippen LogP contribution in [0, 0.1) is 18.6 Å². The number of aromatic amines is 1. The highest BCUT2D eigenvalue weighted by atomic mass is 19.2. The van der Waals surface area contributed by atoms with Gasteiger partial charge in [0, 0.05) is 24.1 Å². The van der Waals surface area contributed by atoms with Crippen molar-refractivity contribution in [3.05, 3.63) is 75.2 Å². The predicted molar refractivity (Wildman–Crippen MR) is 114 cm³/mol. The first-order chi connectivity index (χ1) is 15.3. The molecule has 0 unspecified atom stereocenters. The van der Waals surface area contributed by atoms with Gasteiger partial charge in [0.25, 0.3) is 5.56 Å². The van der Waals surface area contributed by atoms with Crippen molar-refractivity contribution < 1.29 is 23.8 Å². The quantitative estimate of drug-likeness (QED) is 0.339. The van der Waals surface area contributed by atoms with E-state index in [1.807, 2.05) is 0 Å². The highest BCUT2D eigenvalue weighted by Gasteiger charge is 2.12. The number of azo groups is 1. The maximum absolute atomic E-state index is 13.8. The lowest BCUT2D eigenvalue weighted by atomic mass is 10.1. The number of carboxylic acid groups (broad SMARTS) is 1. The number of aromatic hydroxyl groups is 1. The molecule has 3 aromatic rings. The molecule has 32 heavy (non-hydrogen) atoms. The molecule has 0 aliphatic rings. The molecule has 166 valence electrons. The fourth-order valence-electron chi connectivity index (χ4n) is 2.95. The number of carbonyl (C=O) groups is 1. The summed E-state index contributed by atoms with van der Waals surface area (Å²) in [6.45, 7) is 1.81. The minimum atomic E-state index is -0.998. The smallest absolute Gasteiger partial charge is 0.303 e. The second-order valence-electron chi connectivity index (χ2n) is 6.93. The Morgan fingerprint density at radius 1 is 1.12 bits per heavy atom. The zero-order valence-corrected chi connectivity index (χ0v) is 17.0. The van der Waals surface area contributed by atoms with E-state index in [4.69, 9.17) is 5.11 Å². The molecule has 0 saturated carbocycles. The zero-order chi connectivity index (χ0) is 23.3. The second-order valence-corrected chi connectivity index (χ2v) is 6.93. The van der Waals surface area contributed by atoms with Crippen LogP contribution >= 0.6 is 0 Å². The van der Waals surface area contributed by atoms with E-state index in [0.29, 0.717) is 11.3 Å². The number of hydrogen-bond acceptors (Lipinski definition) is 5. The largest absolute Gasteiger partial charge is 0.505 e. The molecule has 0 spiro atoms. The van der Waals surface area contributed by atoms with Crippen molar-refractivity contribution in [3.63, 3.8) is 0 Å². The molecule has 0 radical (unpaired) electrons. The minimum Gasteiger partial charge on any atom is -0.505 e. The summed E-state index contributed by atoms with van der Waals surface area (Å²) in [6.07, 6.45) is 2.92. The van der Waals surface area contributed by atoms with Crippen molar-refractivity contribution in [2.75, 3.05) is 0 Å². The SMILES string of the molecule is Cc1[nH]n(CCCC(=O)O)c(=O)c1N=Nc1cccc(/C=C/c2cccc(F)c2F)c1O. The average molecular weight is 442 g/mol. The molecule has 0 atom stereocenters. The van der Waals surface area contributed by atoms with Crippen LogP contribution in [0.5, 0.6) is 5.75 Å². The lowest BCUT2D eigenvalue weighted by Gasteiger charge is -2.02. The number of aryl methyl sites for hydroxylation is 2. The van der Waals surface area contributed by atoms with Gasteiger partial charge in [0.2, 0.25) is 0 Å². The predicted octanol–water partition coefficient (Wildman–Crippen LogP) is 4.92. The molecule has 2 aromatic carbocycles. The highest BCUT2D eigenvalue weighted by molar-refractivity contribution is 5.76. The number of nitrogens with one attached hydrogen (secondary N) is 1. The summed E-state index contributed by atoms with van der Waals surface area (Å²) >= 11 is 0. The van der Waals surface area contributed by atoms with Crippen molar-refractivity contribution in [2.45, 2.75) is 26.3 Å². The van der Waals surface area contributed by atoms with Gasteiger partial charge in [0.15, 0.2) is 17.3 Å². The topological polar surface area (TPSA) is 120 Å². The van der Waals surface area contributed by atoms with E-state index < -0.39 is 23.2 Å². The Bertz CT molecular complexity index is 1260. The van der Waals surface area contributed by atoms with Crippen LogP contribution < -0.4 is 5.56 Å². The van der Waals surface area contributed by atoms with E-state index in [-0.39, 0.29) is 42.1 Å². The zero-order valence-electron chi connectivity index (χ0n) is 17.0. The molecule has 10 heteroatoms. The van der Waals surface area contributed by atoms with Gasteiger partial charge >= 0.3 is 5.97 Å². The maximum Gasteiger partial charge on any atom is 0.303 e. The standard InChI is InChI=1S/C22H20F2N4O4/c1-13-20(22(32)28(27-13)12-4-9-18(29)30)26-25-17-8-3-6-15(21(17)31)11-10-14-5-2-7-16(23)19(14)24/h2-3,5-8,10-11,27,31H,4,9,12H2,1H3,(H,29,30)/b11-10+,26-25?. The fraction of sp³-hybridized carbons (Fsp3) is 0.182. The van der Waals surface area contributed by atoms with Crippen molar-refractivity contribution >= 4 is 29.5 Å². The fourth-order valence-corrected chi connectivity index (χ4v) is 2.95. The molecule has 3 rings (SSSR count). The van der Waals surface area contributed by atoms with Crippen LogP contribution in [0.15, 0.2) is 51.4 Å². The Kier molecular flexibility index (Phi) is 6.93. The highest BCUT2D eigenvalue weighted by Crippen LogP contribution is 2.32. The van der Waals surface area contributed by atoms with Crippen molar-refractivity contribution in [3.8, 4) is 5.75 Å². The van der Waals surface area contributed by atoms with Crippen molar-refractivity contribution in [1.82, 2.24) is 9.78 Å². The number of hydrogen-bond donors (Lipinski definition) is 3. The van der Waals surface area contributed by atoms with E-state index in [9.17, 15) is 23.5 Å². The van der Waals surface area contributed by atoms with Gasteiger partial charge in [0.1, 0.15) is 11.4 Å². The monoisotopic (exact) mass is 442 g/mol. The van der Waals surface area contributed by atoms with Crippen LogP contribution in [0.3, 0.4) is 0 Å². The molecule has 0 aliphatic heterocycles. The second kappa shape index (κ2) is 9.82. The van der Waals surface area contributed by atoms with E-state index in [0.717, 1.165) is 6.07 Å². The summed E-state index contributed by atoms with van der Waals surface area (Å²) < 4.78 is 28.4. The van der Waals surface area contributed by atoms with Gasteiger partial charge < -0.3 is 10.2 Å². The first kappa shape index (κ1) is 22.6. The number of rotatable bonds is 8. The van der Waals surface area contributed by atoms with Gasteiger partial charge in [-0.3, -0.25) is 19.4 Å². The van der Waals surface area contributed by atoms with Crippen molar-refractivity contribution in [1.29, 1.82) is 0 Å². The summed E-state index contributed by atoms with van der Waals surface area (Å²) in [4.78, 5) is 23.1. The molecule has 0 saturated heterocycles. The molecule has 0 aliphatic carbocycles. The third-order valence-corrected chi connectivity index (χ3v) is 4.61.